The molecule has 0 fully saturated rings. The number of rotatable bonds is 5. The van der Waals surface area contributed by atoms with Crippen LogP contribution in [0.15, 0.2) is 30.3 Å². The van der Waals surface area contributed by atoms with E-state index in [0.717, 1.165) is 5.56 Å². The van der Waals surface area contributed by atoms with Gasteiger partial charge >= 0.3 is 5.97 Å². The summed E-state index contributed by atoms with van der Waals surface area (Å²) >= 11 is 5.23. The molecule has 0 saturated carbocycles. The quantitative estimate of drug-likeness (QED) is 0.580. The Kier molecular flexibility index (Phi) is 5.10. The van der Waals surface area contributed by atoms with E-state index in [4.69, 9.17) is 21.6 Å². The maximum Gasteiger partial charge on any atom is 0.327 e. The average molecular weight is 230 g/mol. The molecule has 5 heteroatoms. The summed E-state index contributed by atoms with van der Waals surface area (Å²) in [5.74, 6) is -0.573. The van der Waals surface area contributed by atoms with Gasteiger partial charge in [-0.2, -0.15) is 0 Å². The van der Waals surface area contributed by atoms with Gasteiger partial charge in [0.1, 0.15) is 12.6 Å². The topological polar surface area (TPSA) is 58.6 Å². The second-order valence-electron chi connectivity index (χ2n) is 2.94. The molecule has 0 aromatic heterocycles. The Hall–Kier alpha value is -1.10. The van der Waals surface area contributed by atoms with Crippen molar-refractivity contribution in [3.63, 3.8) is 0 Å². The minimum atomic E-state index is -0.879. The van der Waals surface area contributed by atoms with Crippen molar-refractivity contribution in [2.24, 2.45) is 0 Å². The summed E-state index contributed by atoms with van der Waals surface area (Å²) in [6.45, 7) is -0.216. The van der Waals surface area contributed by atoms with E-state index in [1.165, 1.54) is 0 Å². The van der Waals surface area contributed by atoms with Crippen molar-refractivity contribution in [1.82, 2.24) is 4.84 Å². The predicted octanol–water partition coefficient (Wildman–Crippen LogP) is 0.834. The highest BCUT2D eigenvalue weighted by Crippen LogP contribution is 2.01. The van der Waals surface area contributed by atoms with Crippen LogP contribution in [0.25, 0.3) is 0 Å². The van der Waals surface area contributed by atoms with Crippen LogP contribution >= 0.6 is 11.8 Å². The van der Waals surface area contributed by atoms with Crippen LogP contribution < -0.4 is 4.84 Å². The smallest absolute Gasteiger partial charge is 0.327 e. The van der Waals surface area contributed by atoms with E-state index in [1.54, 1.807) is 0 Å². The largest absolute Gasteiger partial charge is 0.460 e. The summed E-state index contributed by atoms with van der Waals surface area (Å²) in [4.78, 5) is 13.4. The Morgan fingerprint density at radius 3 is 2.67 bits per heavy atom. The average Bonchev–Trinajstić information content (AvgIpc) is 2.29. The predicted molar refractivity (Wildman–Crippen MR) is 56.1 cm³/mol. The number of aliphatic hydroxyl groups excluding tert-OH is 1. The van der Waals surface area contributed by atoms with Crippen molar-refractivity contribution in [2.75, 3.05) is 6.61 Å². The lowest BCUT2D eigenvalue weighted by Gasteiger charge is -2.10. The number of carbonyl (C=O) groups is 1. The molecule has 15 heavy (non-hydrogen) atoms. The van der Waals surface area contributed by atoms with Gasteiger partial charge in [0.25, 0.3) is 0 Å². The maximum atomic E-state index is 11.2. The van der Waals surface area contributed by atoms with Gasteiger partial charge in [-0.15, -0.1) is 0 Å². The van der Waals surface area contributed by atoms with E-state index in [9.17, 15) is 4.79 Å². The lowest BCUT2D eigenvalue weighted by atomic mass is 10.2. The molecule has 2 N–H and O–H groups in total. The van der Waals surface area contributed by atoms with Crippen LogP contribution in [0.5, 0.6) is 0 Å². The number of halogens is 1. The fourth-order valence-electron chi connectivity index (χ4n) is 0.983. The SMILES string of the molecule is O=C(OCc1ccccc1)[C@H](CO)NCl. The summed E-state index contributed by atoms with van der Waals surface area (Å²) in [6, 6.07) is 8.39. The molecule has 0 aliphatic carbocycles. The molecule has 0 amide bonds. The number of benzene rings is 1. The second-order valence-corrected chi connectivity index (χ2v) is 3.16. The molecule has 0 spiro atoms. The molecule has 1 atom stereocenters. The van der Waals surface area contributed by atoms with Crippen LogP contribution in [0.1, 0.15) is 5.56 Å². The molecular weight excluding hydrogens is 218 g/mol. The second kappa shape index (κ2) is 6.40. The molecule has 0 radical (unpaired) electrons. The lowest BCUT2D eigenvalue weighted by Crippen LogP contribution is -2.35. The summed E-state index contributed by atoms with van der Waals surface area (Å²) in [5.41, 5.74) is 0.886. The van der Waals surface area contributed by atoms with E-state index in [-0.39, 0.29) is 6.61 Å². The third kappa shape index (κ3) is 3.87. The van der Waals surface area contributed by atoms with Crippen molar-refractivity contribution < 1.29 is 14.6 Å². The van der Waals surface area contributed by atoms with E-state index in [2.05, 4.69) is 4.84 Å². The Balaban J connectivity index is 2.40. The molecule has 0 heterocycles. The molecule has 0 saturated heterocycles. The van der Waals surface area contributed by atoms with Crippen LogP contribution in [0.3, 0.4) is 0 Å². The summed E-state index contributed by atoms with van der Waals surface area (Å²) < 4.78 is 4.93. The fraction of sp³-hybridized carbons (Fsp3) is 0.300. The monoisotopic (exact) mass is 229 g/mol. The Labute approximate surface area is 92.9 Å². The number of hydrogen-bond donors (Lipinski definition) is 2. The van der Waals surface area contributed by atoms with Gasteiger partial charge in [-0.3, -0.25) is 4.79 Å². The molecule has 82 valence electrons. The molecular formula is C10H12ClNO3. The third-order valence-corrected chi connectivity index (χ3v) is 2.09. The normalized spacial score (nSPS) is 12.1. The van der Waals surface area contributed by atoms with E-state index >= 15 is 0 Å². The Morgan fingerprint density at radius 1 is 1.47 bits per heavy atom. The van der Waals surface area contributed by atoms with Gasteiger partial charge in [0, 0.05) is 0 Å². The first kappa shape index (κ1) is 12.0. The Bertz CT molecular complexity index is 301. The van der Waals surface area contributed by atoms with Gasteiger partial charge < -0.3 is 9.84 Å². The highest BCUT2D eigenvalue weighted by molar-refractivity contribution is 6.14. The van der Waals surface area contributed by atoms with Crippen LogP contribution in [0.4, 0.5) is 0 Å². The van der Waals surface area contributed by atoms with E-state index in [1.807, 2.05) is 30.3 Å². The van der Waals surface area contributed by atoms with Crippen LogP contribution in [0, 0.1) is 0 Å². The van der Waals surface area contributed by atoms with Crippen molar-refractivity contribution in [1.29, 1.82) is 0 Å². The van der Waals surface area contributed by atoms with E-state index < -0.39 is 18.6 Å². The van der Waals surface area contributed by atoms with Crippen molar-refractivity contribution in [3.05, 3.63) is 35.9 Å². The number of aliphatic hydroxyl groups is 1. The number of esters is 1. The van der Waals surface area contributed by atoms with Gasteiger partial charge in [-0.25, -0.2) is 4.84 Å². The molecule has 1 aromatic rings. The number of hydrogen-bond acceptors (Lipinski definition) is 4. The molecule has 0 aliphatic rings. The number of carbonyl (C=O) groups excluding carboxylic acids is 1. The minimum Gasteiger partial charge on any atom is -0.460 e. The van der Waals surface area contributed by atoms with Gasteiger partial charge in [-0.1, -0.05) is 30.3 Å². The Morgan fingerprint density at radius 2 is 2.13 bits per heavy atom. The highest BCUT2D eigenvalue weighted by atomic mass is 35.5. The van der Waals surface area contributed by atoms with Gasteiger partial charge in [-0.05, 0) is 17.3 Å². The summed E-state index contributed by atoms with van der Waals surface area (Å²) in [6.07, 6.45) is 0. The molecule has 0 unspecified atom stereocenters. The standard InChI is InChI=1S/C10H12ClNO3/c11-12-9(6-13)10(14)15-7-8-4-2-1-3-5-8/h1-5,9,12-13H,6-7H2/t9-/m0/s1. The first-order valence-electron chi connectivity index (χ1n) is 4.45. The molecule has 1 aromatic carbocycles. The first-order valence-corrected chi connectivity index (χ1v) is 4.83. The number of ether oxygens (including phenoxy) is 1. The lowest BCUT2D eigenvalue weighted by molar-refractivity contribution is -0.147. The van der Waals surface area contributed by atoms with E-state index in [0.29, 0.717) is 0 Å². The number of nitrogens with one attached hydrogen (secondary N) is 1. The molecule has 1 rings (SSSR count). The van der Waals surface area contributed by atoms with Crippen LogP contribution in [-0.4, -0.2) is 23.7 Å². The third-order valence-electron chi connectivity index (χ3n) is 1.82. The van der Waals surface area contributed by atoms with Crippen molar-refractivity contribution in [2.45, 2.75) is 12.6 Å². The van der Waals surface area contributed by atoms with Gasteiger partial charge in [0.05, 0.1) is 6.61 Å². The molecule has 4 nitrogen and oxygen atoms in total. The molecule has 0 aliphatic heterocycles. The zero-order valence-electron chi connectivity index (χ0n) is 8.02. The zero-order chi connectivity index (χ0) is 11.1. The molecule has 0 bridgehead atoms. The van der Waals surface area contributed by atoms with Crippen molar-refractivity contribution in [3.8, 4) is 0 Å². The van der Waals surface area contributed by atoms with Crippen molar-refractivity contribution >= 4 is 17.7 Å². The van der Waals surface area contributed by atoms with Crippen LogP contribution in [0.2, 0.25) is 0 Å². The van der Waals surface area contributed by atoms with Crippen LogP contribution in [-0.2, 0) is 16.1 Å². The highest BCUT2D eigenvalue weighted by Gasteiger charge is 2.17. The van der Waals surface area contributed by atoms with Gasteiger partial charge in [0.15, 0.2) is 0 Å². The summed E-state index contributed by atoms with van der Waals surface area (Å²) in [5, 5.41) is 8.75. The minimum absolute atomic E-state index is 0.175. The zero-order valence-corrected chi connectivity index (χ0v) is 8.78. The first-order chi connectivity index (χ1) is 7.27. The summed E-state index contributed by atoms with van der Waals surface area (Å²) in [7, 11) is 0. The van der Waals surface area contributed by atoms with Gasteiger partial charge in [0.2, 0.25) is 0 Å². The maximum absolute atomic E-state index is 11.2. The fourth-order valence-corrected chi connectivity index (χ4v) is 1.14.